The van der Waals surface area contributed by atoms with Crippen LogP contribution >= 0.6 is 11.3 Å². The first-order valence-corrected chi connectivity index (χ1v) is 9.99. The summed E-state index contributed by atoms with van der Waals surface area (Å²) in [6.45, 7) is 10.2. The number of benzene rings is 1. The molecule has 0 aliphatic rings. The van der Waals surface area contributed by atoms with Crippen LogP contribution in [0.4, 0.5) is 0 Å². The lowest BCUT2D eigenvalue weighted by atomic mass is 10.0. The van der Waals surface area contributed by atoms with Crippen molar-refractivity contribution in [2.75, 3.05) is 0 Å². The van der Waals surface area contributed by atoms with Crippen LogP contribution in [0.15, 0.2) is 34.7 Å². The smallest absolute Gasteiger partial charge is 0.263 e. The third-order valence-electron chi connectivity index (χ3n) is 5.08. The van der Waals surface area contributed by atoms with Gasteiger partial charge in [0.15, 0.2) is 0 Å². The number of nitrogens with zero attached hydrogens (tertiary/aromatic N) is 2. The molecule has 142 valence electrons. The third-order valence-corrected chi connectivity index (χ3v) is 5.97. The zero-order chi connectivity index (χ0) is 19.7. The highest BCUT2D eigenvalue weighted by Crippen LogP contribution is 2.31. The van der Waals surface area contributed by atoms with E-state index in [0.29, 0.717) is 16.1 Å². The summed E-state index contributed by atoms with van der Waals surface area (Å²) < 4.78 is 1.39. The molecule has 3 rings (SSSR count). The Morgan fingerprint density at radius 3 is 2.63 bits per heavy atom. The number of fused-ring (bicyclic) bond motifs is 1. The van der Waals surface area contributed by atoms with Gasteiger partial charge in [0.2, 0.25) is 5.91 Å². The molecule has 27 heavy (non-hydrogen) atoms. The van der Waals surface area contributed by atoms with Gasteiger partial charge in [0.1, 0.15) is 11.4 Å². The number of nitrogens with one attached hydrogen (secondary N) is 1. The van der Waals surface area contributed by atoms with Crippen LogP contribution in [-0.2, 0) is 11.3 Å². The van der Waals surface area contributed by atoms with Crippen LogP contribution in [0.5, 0.6) is 0 Å². The molecular weight excluding hydrogens is 358 g/mol. The number of carbonyl (C=O) groups is 1. The maximum absolute atomic E-state index is 13.0. The van der Waals surface area contributed by atoms with E-state index in [4.69, 9.17) is 0 Å². The van der Waals surface area contributed by atoms with E-state index >= 15 is 0 Å². The summed E-state index contributed by atoms with van der Waals surface area (Å²) in [6, 6.07) is 6.23. The number of amides is 1. The Balaban J connectivity index is 1.98. The average molecular weight is 384 g/mol. The summed E-state index contributed by atoms with van der Waals surface area (Å²) in [6.07, 6.45) is 1.46. The van der Waals surface area contributed by atoms with Gasteiger partial charge in [-0.1, -0.05) is 32.0 Å². The number of thiophene rings is 1. The van der Waals surface area contributed by atoms with Crippen LogP contribution in [0.1, 0.15) is 31.9 Å². The summed E-state index contributed by atoms with van der Waals surface area (Å²) in [5.41, 5.74) is 4.09. The Labute approximate surface area is 163 Å². The van der Waals surface area contributed by atoms with Crippen molar-refractivity contribution in [2.24, 2.45) is 5.92 Å². The highest BCUT2D eigenvalue weighted by atomic mass is 32.1. The third kappa shape index (κ3) is 3.95. The lowest BCUT2D eigenvalue weighted by Gasteiger charge is -2.17. The van der Waals surface area contributed by atoms with Gasteiger partial charge in [-0.25, -0.2) is 4.98 Å². The van der Waals surface area contributed by atoms with E-state index in [0.717, 1.165) is 11.1 Å². The number of aryl methyl sites for hydroxylation is 2. The standard InChI is InChI=1S/C21H25N3O2S/c1-12(2)15(5)23-18(25)9-24-11-22-20-19(21(24)26)17(10-27-20)16-7-6-13(3)14(4)8-16/h6-8,10-12,15H,9H2,1-5H3,(H,23,25). The van der Waals surface area contributed by atoms with E-state index < -0.39 is 0 Å². The molecule has 0 aliphatic carbocycles. The van der Waals surface area contributed by atoms with Crippen molar-refractivity contribution in [3.63, 3.8) is 0 Å². The summed E-state index contributed by atoms with van der Waals surface area (Å²) in [5.74, 6) is 0.155. The van der Waals surface area contributed by atoms with E-state index in [9.17, 15) is 9.59 Å². The summed E-state index contributed by atoms with van der Waals surface area (Å²) in [4.78, 5) is 30.4. The summed E-state index contributed by atoms with van der Waals surface area (Å²) in [5, 5.41) is 5.48. The molecule has 0 aliphatic heterocycles. The Hall–Kier alpha value is -2.47. The van der Waals surface area contributed by atoms with Gasteiger partial charge in [0.05, 0.1) is 11.7 Å². The largest absolute Gasteiger partial charge is 0.352 e. The fraction of sp³-hybridized carbons (Fsp3) is 0.381. The molecule has 0 spiro atoms. The van der Waals surface area contributed by atoms with E-state index in [1.54, 1.807) is 0 Å². The number of hydrogen-bond donors (Lipinski definition) is 1. The van der Waals surface area contributed by atoms with Gasteiger partial charge in [-0.15, -0.1) is 11.3 Å². The Kier molecular flexibility index (Phi) is 5.46. The van der Waals surface area contributed by atoms with Gasteiger partial charge in [-0.05, 0) is 43.4 Å². The van der Waals surface area contributed by atoms with Crippen LogP contribution in [0.2, 0.25) is 0 Å². The molecule has 3 aromatic rings. The average Bonchev–Trinajstić information content (AvgIpc) is 3.04. The van der Waals surface area contributed by atoms with Crippen molar-refractivity contribution < 1.29 is 4.79 Å². The van der Waals surface area contributed by atoms with E-state index in [1.807, 2.05) is 32.2 Å². The number of hydrogen-bond acceptors (Lipinski definition) is 4. The van der Waals surface area contributed by atoms with Crippen molar-refractivity contribution >= 4 is 27.5 Å². The van der Waals surface area contributed by atoms with E-state index in [2.05, 4.69) is 36.3 Å². The van der Waals surface area contributed by atoms with Crippen LogP contribution in [0.25, 0.3) is 21.3 Å². The van der Waals surface area contributed by atoms with Gasteiger partial charge in [-0.3, -0.25) is 14.2 Å². The second-order valence-electron chi connectivity index (χ2n) is 7.41. The van der Waals surface area contributed by atoms with Crippen LogP contribution in [-0.4, -0.2) is 21.5 Å². The zero-order valence-electron chi connectivity index (χ0n) is 16.4. The molecule has 0 radical (unpaired) electrons. The first-order chi connectivity index (χ1) is 12.8. The number of rotatable bonds is 5. The second kappa shape index (κ2) is 7.64. The maximum atomic E-state index is 13.0. The van der Waals surface area contributed by atoms with E-state index in [1.165, 1.54) is 33.4 Å². The molecule has 1 aromatic carbocycles. The molecule has 0 fully saturated rings. The topological polar surface area (TPSA) is 64.0 Å². The lowest BCUT2D eigenvalue weighted by molar-refractivity contribution is -0.122. The molecule has 0 saturated carbocycles. The normalized spacial score (nSPS) is 12.5. The van der Waals surface area contributed by atoms with Gasteiger partial charge in [-0.2, -0.15) is 0 Å². The van der Waals surface area contributed by atoms with Crippen molar-refractivity contribution in [2.45, 2.75) is 47.2 Å². The van der Waals surface area contributed by atoms with Gasteiger partial charge >= 0.3 is 0 Å². The number of carbonyl (C=O) groups excluding carboxylic acids is 1. The van der Waals surface area contributed by atoms with Gasteiger partial charge in [0, 0.05) is 17.0 Å². The van der Waals surface area contributed by atoms with E-state index in [-0.39, 0.29) is 24.1 Å². The predicted molar refractivity (Wildman–Crippen MR) is 111 cm³/mol. The highest BCUT2D eigenvalue weighted by molar-refractivity contribution is 7.17. The molecule has 5 nitrogen and oxygen atoms in total. The van der Waals surface area contributed by atoms with Crippen LogP contribution in [0, 0.1) is 19.8 Å². The molecule has 1 unspecified atom stereocenters. The molecule has 2 heterocycles. The van der Waals surface area contributed by atoms with Crippen LogP contribution < -0.4 is 10.9 Å². The minimum atomic E-state index is -0.179. The molecule has 1 amide bonds. The first kappa shape index (κ1) is 19.3. The van der Waals surface area contributed by atoms with Crippen molar-refractivity contribution in [3.8, 4) is 11.1 Å². The fourth-order valence-corrected chi connectivity index (χ4v) is 3.73. The lowest BCUT2D eigenvalue weighted by Crippen LogP contribution is -2.39. The maximum Gasteiger partial charge on any atom is 0.263 e. The quantitative estimate of drug-likeness (QED) is 0.727. The van der Waals surface area contributed by atoms with Crippen molar-refractivity contribution in [3.05, 3.63) is 51.4 Å². The first-order valence-electron chi connectivity index (χ1n) is 9.11. The molecule has 1 atom stereocenters. The Morgan fingerprint density at radius 2 is 1.96 bits per heavy atom. The van der Waals surface area contributed by atoms with Crippen LogP contribution in [0.3, 0.4) is 0 Å². The predicted octanol–water partition coefficient (Wildman–Crippen LogP) is 3.90. The molecule has 0 bridgehead atoms. The second-order valence-corrected chi connectivity index (χ2v) is 8.26. The summed E-state index contributed by atoms with van der Waals surface area (Å²) in [7, 11) is 0. The Bertz CT molecular complexity index is 1050. The van der Waals surface area contributed by atoms with Gasteiger partial charge < -0.3 is 5.32 Å². The number of aromatic nitrogens is 2. The minimum absolute atomic E-state index is 0.0267. The van der Waals surface area contributed by atoms with Crippen molar-refractivity contribution in [1.29, 1.82) is 0 Å². The summed E-state index contributed by atoms with van der Waals surface area (Å²) >= 11 is 1.45. The molecular formula is C21H25N3O2S. The molecule has 2 aromatic heterocycles. The van der Waals surface area contributed by atoms with Gasteiger partial charge in [0.25, 0.3) is 5.56 Å². The highest BCUT2D eigenvalue weighted by Gasteiger charge is 2.16. The fourth-order valence-electron chi connectivity index (χ4n) is 2.82. The Morgan fingerprint density at radius 1 is 1.22 bits per heavy atom. The SMILES string of the molecule is Cc1ccc(-c2csc3ncn(CC(=O)NC(C)C(C)C)c(=O)c23)cc1C. The monoisotopic (exact) mass is 383 g/mol. The molecule has 0 saturated heterocycles. The van der Waals surface area contributed by atoms with Crippen molar-refractivity contribution in [1.82, 2.24) is 14.9 Å². The molecule has 1 N–H and O–H groups in total. The minimum Gasteiger partial charge on any atom is -0.352 e. The zero-order valence-corrected chi connectivity index (χ0v) is 17.2. The molecule has 6 heteroatoms.